The number of fused-ring (bicyclic) bond motifs is 1. The molecule has 1 spiro atoms. The number of phenols is 2. The topological polar surface area (TPSA) is 49.7 Å². The first kappa shape index (κ1) is 9.97. The van der Waals surface area contributed by atoms with Crippen molar-refractivity contribution in [1.29, 1.82) is 0 Å². The first-order chi connectivity index (χ1) is 7.70. The molecule has 3 nitrogen and oxygen atoms in total. The second kappa shape index (κ2) is 3.39. The molecule has 0 atom stereocenters. The summed E-state index contributed by atoms with van der Waals surface area (Å²) in [6.07, 6.45) is 3.82. The van der Waals surface area contributed by atoms with E-state index in [4.69, 9.17) is 4.74 Å². The molecule has 2 N–H and O–H groups in total. The molecule has 1 aromatic rings. The molecule has 0 bridgehead atoms. The Morgan fingerprint density at radius 3 is 1.94 bits per heavy atom. The van der Waals surface area contributed by atoms with Crippen LogP contribution in [-0.4, -0.2) is 23.4 Å². The van der Waals surface area contributed by atoms with Gasteiger partial charge in [0.15, 0.2) is 0 Å². The van der Waals surface area contributed by atoms with Crippen molar-refractivity contribution in [2.75, 3.05) is 13.2 Å². The predicted octanol–water partition coefficient (Wildman–Crippen LogP) is 1.99. The summed E-state index contributed by atoms with van der Waals surface area (Å²) in [6.45, 7) is 1.60. The van der Waals surface area contributed by atoms with Gasteiger partial charge in [-0.25, -0.2) is 0 Å². The van der Waals surface area contributed by atoms with E-state index in [1.807, 2.05) is 0 Å². The van der Waals surface area contributed by atoms with Crippen molar-refractivity contribution < 1.29 is 14.9 Å². The zero-order valence-electron chi connectivity index (χ0n) is 9.20. The van der Waals surface area contributed by atoms with Gasteiger partial charge in [-0.3, -0.25) is 0 Å². The molecule has 0 unspecified atom stereocenters. The first-order valence-corrected chi connectivity index (χ1v) is 5.81. The van der Waals surface area contributed by atoms with E-state index < -0.39 is 0 Å². The lowest BCUT2D eigenvalue weighted by Gasteiger charge is -2.33. The van der Waals surface area contributed by atoms with Crippen LogP contribution in [0, 0.1) is 5.41 Å². The van der Waals surface area contributed by atoms with Crippen LogP contribution in [0.25, 0.3) is 0 Å². The number of hydrogen-bond acceptors (Lipinski definition) is 3. The summed E-state index contributed by atoms with van der Waals surface area (Å²) < 4.78 is 5.39. The van der Waals surface area contributed by atoms with Crippen LogP contribution in [0.2, 0.25) is 0 Å². The zero-order valence-corrected chi connectivity index (χ0v) is 9.20. The van der Waals surface area contributed by atoms with Crippen LogP contribution >= 0.6 is 0 Å². The number of aromatic hydroxyl groups is 2. The maximum Gasteiger partial charge on any atom is 0.119 e. The number of phenolic OH excluding ortho intramolecular Hbond substituents is 2. The maximum absolute atomic E-state index is 9.83. The summed E-state index contributed by atoms with van der Waals surface area (Å²) in [7, 11) is 0. The summed E-state index contributed by atoms with van der Waals surface area (Å²) in [5.74, 6) is 0.660. The summed E-state index contributed by atoms with van der Waals surface area (Å²) in [5.41, 5.74) is 2.11. The third-order valence-corrected chi connectivity index (χ3v) is 4.04. The summed E-state index contributed by atoms with van der Waals surface area (Å²) in [4.78, 5) is 0. The molecule has 0 radical (unpaired) electrons. The monoisotopic (exact) mass is 220 g/mol. The van der Waals surface area contributed by atoms with Crippen molar-refractivity contribution in [3.63, 3.8) is 0 Å². The second-order valence-electron chi connectivity index (χ2n) is 5.03. The van der Waals surface area contributed by atoms with Crippen LogP contribution in [-0.2, 0) is 17.6 Å². The zero-order chi connectivity index (χ0) is 11.2. The maximum atomic E-state index is 9.83. The molecule has 1 aliphatic heterocycles. The molecule has 1 saturated heterocycles. The van der Waals surface area contributed by atoms with Crippen molar-refractivity contribution in [2.45, 2.75) is 25.7 Å². The minimum absolute atomic E-state index is 0.219. The smallest absolute Gasteiger partial charge is 0.119 e. The van der Waals surface area contributed by atoms with Gasteiger partial charge >= 0.3 is 0 Å². The Morgan fingerprint density at radius 2 is 1.44 bits per heavy atom. The Morgan fingerprint density at radius 1 is 0.938 bits per heavy atom. The molecule has 1 fully saturated rings. The highest BCUT2D eigenvalue weighted by molar-refractivity contribution is 5.51. The predicted molar refractivity (Wildman–Crippen MR) is 59.7 cm³/mol. The minimum Gasteiger partial charge on any atom is -0.508 e. The fourth-order valence-corrected chi connectivity index (χ4v) is 3.03. The van der Waals surface area contributed by atoms with Crippen molar-refractivity contribution in [3.05, 3.63) is 23.3 Å². The molecule has 86 valence electrons. The standard InChI is InChI=1S/C13H16O3/c14-11-1-2-12(15)10-8-13(7-9(10)11)3-5-16-6-4-13/h1-2,14-15H,3-8H2. The van der Waals surface area contributed by atoms with Gasteiger partial charge in [0, 0.05) is 24.3 Å². The molecule has 2 aliphatic rings. The summed E-state index contributed by atoms with van der Waals surface area (Å²) >= 11 is 0. The minimum atomic E-state index is 0.219. The SMILES string of the molecule is Oc1ccc(O)c2c1CC1(CCOCC1)C2. The van der Waals surface area contributed by atoms with E-state index in [0.717, 1.165) is 50.0 Å². The van der Waals surface area contributed by atoms with E-state index in [2.05, 4.69) is 0 Å². The van der Waals surface area contributed by atoms with Gasteiger partial charge in [-0.05, 0) is 43.2 Å². The molecule has 16 heavy (non-hydrogen) atoms. The van der Waals surface area contributed by atoms with Crippen LogP contribution < -0.4 is 0 Å². The molecule has 3 heteroatoms. The fraction of sp³-hybridized carbons (Fsp3) is 0.538. The van der Waals surface area contributed by atoms with E-state index in [9.17, 15) is 10.2 Å². The first-order valence-electron chi connectivity index (χ1n) is 5.81. The summed E-state index contributed by atoms with van der Waals surface area (Å²) in [6, 6.07) is 3.18. The summed E-state index contributed by atoms with van der Waals surface area (Å²) in [5, 5.41) is 19.7. The Balaban J connectivity index is 1.99. The van der Waals surface area contributed by atoms with Crippen LogP contribution in [0.3, 0.4) is 0 Å². The highest BCUT2D eigenvalue weighted by atomic mass is 16.5. The number of rotatable bonds is 0. The lowest BCUT2D eigenvalue weighted by Crippen LogP contribution is -2.30. The average Bonchev–Trinajstić information content (AvgIpc) is 2.65. The van der Waals surface area contributed by atoms with Gasteiger partial charge in [-0.15, -0.1) is 0 Å². The van der Waals surface area contributed by atoms with Crippen molar-refractivity contribution >= 4 is 0 Å². The third kappa shape index (κ3) is 1.39. The van der Waals surface area contributed by atoms with Gasteiger partial charge in [0.2, 0.25) is 0 Å². The van der Waals surface area contributed by atoms with Gasteiger partial charge in [0.05, 0.1) is 0 Å². The lowest BCUT2D eigenvalue weighted by molar-refractivity contribution is 0.0196. The van der Waals surface area contributed by atoms with E-state index >= 15 is 0 Å². The molecule has 1 aromatic carbocycles. The lowest BCUT2D eigenvalue weighted by atomic mass is 9.77. The Kier molecular flexibility index (Phi) is 2.11. The van der Waals surface area contributed by atoms with Crippen LogP contribution in [0.1, 0.15) is 24.0 Å². The van der Waals surface area contributed by atoms with Crippen molar-refractivity contribution in [2.24, 2.45) is 5.41 Å². The van der Waals surface area contributed by atoms with Crippen LogP contribution in [0.4, 0.5) is 0 Å². The van der Waals surface area contributed by atoms with E-state index in [-0.39, 0.29) is 5.41 Å². The van der Waals surface area contributed by atoms with Gasteiger partial charge in [0.1, 0.15) is 11.5 Å². The Labute approximate surface area is 94.7 Å². The molecule has 0 aromatic heterocycles. The molecular formula is C13H16O3. The van der Waals surface area contributed by atoms with Gasteiger partial charge in [0.25, 0.3) is 0 Å². The van der Waals surface area contributed by atoms with E-state index in [1.54, 1.807) is 12.1 Å². The molecule has 0 amide bonds. The van der Waals surface area contributed by atoms with Crippen LogP contribution in [0.15, 0.2) is 12.1 Å². The van der Waals surface area contributed by atoms with Gasteiger partial charge in [-0.1, -0.05) is 0 Å². The van der Waals surface area contributed by atoms with Crippen molar-refractivity contribution in [3.8, 4) is 11.5 Å². The fourth-order valence-electron chi connectivity index (χ4n) is 3.03. The number of hydrogen-bond donors (Lipinski definition) is 2. The normalized spacial score (nSPS) is 22.2. The van der Waals surface area contributed by atoms with Crippen LogP contribution in [0.5, 0.6) is 11.5 Å². The largest absolute Gasteiger partial charge is 0.508 e. The second-order valence-corrected chi connectivity index (χ2v) is 5.03. The van der Waals surface area contributed by atoms with Gasteiger partial charge in [-0.2, -0.15) is 0 Å². The molecular weight excluding hydrogens is 204 g/mol. The Bertz CT molecular complexity index is 386. The quantitative estimate of drug-likeness (QED) is 0.657. The molecule has 1 heterocycles. The average molecular weight is 220 g/mol. The third-order valence-electron chi connectivity index (χ3n) is 4.04. The highest BCUT2D eigenvalue weighted by Gasteiger charge is 2.40. The van der Waals surface area contributed by atoms with Gasteiger partial charge < -0.3 is 14.9 Å². The van der Waals surface area contributed by atoms with Crippen molar-refractivity contribution in [1.82, 2.24) is 0 Å². The number of benzene rings is 1. The molecule has 1 aliphatic carbocycles. The molecule has 0 saturated carbocycles. The van der Waals surface area contributed by atoms with E-state index in [0.29, 0.717) is 11.5 Å². The molecule has 3 rings (SSSR count). The highest BCUT2D eigenvalue weighted by Crippen LogP contribution is 2.49. The van der Waals surface area contributed by atoms with E-state index in [1.165, 1.54) is 0 Å². The number of ether oxygens (including phenoxy) is 1. The Hall–Kier alpha value is -1.22.